The second kappa shape index (κ2) is 8.36. The van der Waals surface area contributed by atoms with Crippen molar-refractivity contribution < 1.29 is 4.79 Å². The van der Waals surface area contributed by atoms with Gasteiger partial charge in [0.05, 0.1) is 11.9 Å². The minimum Gasteiger partial charge on any atom is -0.367 e. The van der Waals surface area contributed by atoms with Gasteiger partial charge < -0.3 is 15.5 Å². The molecule has 1 amide bonds. The zero-order valence-electron chi connectivity index (χ0n) is 14.4. The topological polar surface area (TPSA) is 95.9 Å². The van der Waals surface area contributed by atoms with Gasteiger partial charge in [0.15, 0.2) is 0 Å². The summed E-state index contributed by atoms with van der Waals surface area (Å²) >= 11 is 0. The lowest BCUT2D eigenvalue weighted by molar-refractivity contribution is -0.125. The summed E-state index contributed by atoms with van der Waals surface area (Å²) in [5, 5.41) is 14.2. The van der Waals surface area contributed by atoms with Gasteiger partial charge in [-0.3, -0.25) is 9.78 Å². The number of anilines is 2. The molecule has 3 rings (SSSR count). The van der Waals surface area contributed by atoms with Gasteiger partial charge in [-0.1, -0.05) is 0 Å². The summed E-state index contributed by atoms with van der Waals surface area (Å²) in [6.07, 6.45) is 6.79. The van der Waals surface area contributed by atoms with Crippen LogP contribution in [0.4, 0.5) is 11.6 Å². The molecule has 1 aliphatic heterocycles. The first kappa shape index (κ1) is 17.1. The predicted octanol–water partition coefficient (Wildman–Crippen LogP) is 1.02. The van der Waals surface area contributed by atoms with E-state index in [9.17, 15) is 4.79 Å². The molecule has 132 valence electrons. The number of hydrogen-bond acceptors (Lipinski definition) is 7. The van der Waals surface area contributed by atoms with Crippen molar-refractivity contribution in [3.8, 4) is 0 Å². The Balaban J connectivity index is 1.36. The molecule has 0 unspecified atom stereocenters. The average molecular weight is 341 g/mol. The van der Waals surface area contributed by atoms with Crippen LogP contribution >= 0.6 is 0 Å². The van der Waals surface area contributed by atoms with Gasteiger partial charge >= 0.3 is 0 Å². The molecule has 0 aliphatic carbocycles. The van der Waals surface area contributed by atoms with E-state index in [1.54, 1.807) is 18.6 Å². The maximum absolute atomic E-state index is 12.3. The van der Waals surface area contributed by atoms with Crippen LogP contribution in [0.2, 0.25) is 0 Å². The number of carbonyl (C=O) groups excluding carboxylic acids is 1. The standard InChI is InChI=1S/C17H23N7O/c1-13-2-3-15(23-22-13)19-8-9-21-17(25)14-4-10-24(11-5-14)16-12-18-6-7-20-16/h2-3,6-7,12,14H,4-5,8-11H2,1H3,(H,19,23)(H,21,25). The fourth-order valence-electron chi connectivity index (χ4n) is 2.84. The fraction of sp³-hybridized carbons (Fsp3) is 0.471. The first-order chi connectivity index (χ1) is 12.2. The van der Waals surface area contributed by atoms with Crippen LogP contribution in [0.5, 0.6) is 0 Å². The number of carbonyl (C=O) groups is 1. The maximum Gasteiger partial charge on any atom is 0.223 e. The molecular weight excluding hydrogens is 318 g/mol. The Morgan fingerprint density at radius 2 is 2.04 bits per heavy atom. The molecule has 8 heteroatoms. The number of aromatic nitrogens is 4. The lowest BCUT2D eigenvalue weighted by Crippen LogP contribution is -2.41. The van der Waals surface area contributed by atoms with Crippen molar-refractivity contribution in [2.24, 2.45) is 5.92 Å². The molecule has 0 aromatic carbocycles. The minimum atomic E-state index is 0.0621. The van der Waals surface area contributed by atoms with E-state index in [4.69, 9.17) is 0 Å². The lowest BCUT2D eigenvalue weighted by atomic mass is 9.96. The maximum atomic E-state index is 12.3. The quantitative estimate of drug-likeness (QED) is 0.757. The summed E-state index contributed by atoms with van der Waals surface area (Å²) in [4.78, 5) is 22.9. The van der Waals surface area contributed by atoms with Gasteiger partial charge in [0.25, 0.3) is 0 Å². The third-order valence-electron chi connectivity index (χ3n) is 4.27. The van der Waals surface area contributed by atoms with Gasteiger partial charge in [-0.15, -0.1) is 5.10 Å². The molecular formula is C17H23N7O. The molecule has 0 spiro atoms. The Hall–Kier alpha value is -2.77. The molecule has 1 saturated heterocycles. The molecule has 2 aromatic heterocycles. The van der Waals surface area contributed by atoms with Crippen LogP contribution in [-0.2, 0) is 4.79 Å². The third-order valence-corrected chi connectivity index (χ3v) is 4.27. The van der Waals surface area contributed by atoms with Gasteiger partial charge in [0.1, 0.15) is 11.6 Å². The summed E-state index contributed by atoms with van der Waals surface area (Å²) in [5.41, 5.74) is 0.881. The Morgan fingerprint density at radius 1 is 1.20 bits per heavy atom. The van der Waals surface area contributed by atoms with Crippen LogP contribution in [0, 0.1) is 12.8 Å². The van der Waals surface area contributed by atoms with E-state index >= 15 is 0 Å². The monoisotopic (exact) mass is 341 g/mol. The van der Waals surface area contributed by atoms with Gasteiger partial charge in [-0.25, -0.2) is 4.98 Å². The normalized spacial score (nSPS) is 15.0. The van der Waals surface area contributed by atoms with E-state index in [0.717, 1.165) is 43.3 Å². The van der Waals surface area contributed by atoms with Gasteiger partial charge in [0, 0.05) is 44.5 Å². The Morgan fingerprint density at radius 3 is 2.72 bits per heavy atom. The molecule has 2 aromatic rings. The third kappa shape index (κ3) is 4.85. The van der Waals surface area contributed by atoms with E-state index in [1.165, 1.54) is 0 Å². The van der Waals surface area contributed by atoms with Crippen molar-refractivity contribution in [3.63, 3.8) is 0 Å². The first-order valence-corrected chi connectivity index (χ1v) is 8.55. The number of aryl methyl sites for hydroxylation is 1. The van der Waals surface area contributed by atoms with Gasteiger partial charge in [-0.05, 0) is 31.9 Å². The molecule has 2 N–H and O–H groups in total. The number of nitrogens with one attached hydrogen (secondary N) is 2. The molecule has 1 fully saturated rings. The minimum absolute atomic E-state index is 0.0621. The van der Waals surface area contributed by atoms with Gasteiger partial charge in [-0.2, -0.15) is 5.10 Å². The van der Waals surface area contributed by atoms with E-state index in [1.807, 2.05) is 19.1 Å². The van der Waals surface area contributed by atoms with Crippen LogP contribution in [0.15, 0.2) is 30.7 Å². The Labute approximate surface area is 147 Å². The van der Waals surface area contributed by atoms with Crippen LogP contribution in [0.3, 0.4) is 0 Å². The van der Waals surface area contributed by atoms with E-state index in [-0.39, 0.29) is 11.8 Å². The summed E-state index contributed by atoms with van der Waals surface area (Å²) < 4.78 is 0. The molecule has 3 heterocycles. The number of piperidine rings is 1. The van der Waals surface area contributed by atoms with E-state index < -0.39 is 0 Å². The molecule has 8 nitrogen and oxygen atoms in total. The lowest BCUT2D eigenvalue weighted by Gasteiger charge is -2.31. The molecule has 0 atom stereocenters. The first-order valence-electron chi connectivity index (χ1n) is 8.55. The molecule has 0 saturated carbocycles. The summed E-state index contributed by atoms with van der Waals surface area (Å²) in [6, 6.07) is 3.78. The predicted molar refractivity (Wildman–Crippen MR) is 95.2 cm³/mol. The number of nitrogens with zero attached hydrogens (tertiary/aromatic N) is 5. The van der Waals surface area contributed by atoms with Crippen molar-refractivity contribution in [3.05, 3.63) is 36.4 Å². The number of rotatable bonds is 6. The molecule has 25 heavy (non-hydrogen) atoms. The fourth-order valence-corrected chi connectivity index (χ4v) is 2.84. The summed E-state index contributed by atoms with van der Waals surface area (Å²) in [5.74, 6) is 1.78. The number of amides is 1. The van der Waals surface area contributed by atoms with Crippen molar-refractivity contribution in [1.82, 2.24) is 25.5 Å². The Bertz CT molecular complexity index is 669. The molecule has 0 bridgehead atoms. The molecule has 0 radical (unpaired) electrons. The second-order valence-corrected chi connectivity index (χ2v) is 6.10. The van der Waals surface area contributed by atoms with Crippen molar-refractivity contribution in [1.29, 1.82) is 0 Å². The van der Waals surface area contributed by atoms with E-state index in [2.05, 4.69) is 35.7 Å². The van der Waals surface area contributed by atoms with Gasteiger partial charge in [0.2, 0.25) is 5.91 Å². The smallest absolute Gasteiger partial charge is 0.223 e. The van der Waals surface area contributed by atoms with Crippen molar-refractivity contribution in [2.75, 3.05) is 36.4 Å². The van der Waals surface area contributed by atoms with Crippen LogP contribution in [0.1, 0.15) is 18.5 Å². The average Bonchev–Trinajstić information content (AvgIpc) is 2.67. The van der Waals surface area contributed by atoms with Crippen LogP contribution in [0.25, 0.3) is 0 Å². The van der Waals surface area contributed by atoms with Crippen molar-refractivity contribution in [2.45, 2.75) is 19.8 Å². The zero-order valence-corrected chi connectivity index (χ0v) is 14.4. The van der Waals surface area contributed by atoms with E-state index in [0.29, 0.717) is 13.1 Å². The number of hydrogen-bond donors (Lipinski definition) is 2. The highest BCUT2D eigenvalue weighted by Gasteiger charge is 2.25. The van der Waals surface area contributed by atoms with Crippen molar-refractivity contribution >= 4 is 17.5 Å². The Kier molecular flexibility index (Phi) is 5.71. The highest BCUT2D eigenvalue weighted by molar-refractivity contribution is 5.79. The molecule has 1 aliphatic rings. The SMILES string of the molecule is Cc1ccc(NCCNC(=O)C2CCN(c3cnccn3)CC2)nn1. The highest BCUT2D eigenvalue weighted by Crippen LogP contribution is 2.21. The van der Waals surface area contributed by atoms with Crippen LogP contribution in [-0.4, -0.2) is 52.3 Å². The highest BCUT2D eigenvalue weighted by atomic mass is 16.1. The summed E-state index contributed by atoms with van der Waals surface area (Å²) in [6.45, 7) is 4.75. The zero-order chi connectivity index (χ0) is 17.5. The summed E-state index contributed by atoms with van der Waals surface area (Å²) in [7, 11) is 0. The largest absolute Gasteiger partial charge is 0.367 e. The van der Waals surface area contributed by atoms with Crippen LogP contribution < -0.4 is 15.5 Å². The second-order valence-electron chi connectivity index (χ2n) is 6.10.